The number of pyridine rings is 2. The van der Waals surface area contributed by atoms with E-state index < -0.39 is 0 Å². The standard InChI is InChI=1S/C9H12N2.C9H10N2/c2*1-7-5-8-3-4-11(2)9(8)10-6-7/h5-6H,3-4H2,1-2H3;3-6H,1-2H3. The zero-order chi connectivity index (χ0) is 15.7. The third-order valence-corrected chi connectivity index (χ3v) is 4.00. The largest absolute Gasteiger partial charge is 0.359 e. The molecule has 0 radical (unpaired) electrons. The number of nitrogens with zero attached hydrogens (tertiary/aromatic N) is 4. The molecule has 1 aliphatic heterocycles. The Morgan fingerprint density at radius 1 is 1.00 bits per heavy atom. The average molecular weight is 294 g/mol. The van der Waals surface area contributed by atoms with Gasteiger partial charge in [-0.25, -0.2) is 9.97 Å². The summed E-state index contributed by atoms with van der Waals surface area (Å²) in [6.45, 7) is 5.26. The van der Waals surface area contributed by atoms with Gasteiger partial charge in [0.05, 0.1) is 0 Å². The molecule has 0 bridgehead atoms. The fourth-order valence-electron chi connectivity index (χ4n) is 2.81. The van der Waals surface area contributed by atoms with Gasteiger partial charge in [-0.05, 0) is 49.1 Å². The van der Waals surface area contributed by atoms with Gasteiger partial charge in [0.1, 0.15) is 11.5 Å². The molecule has 0 spiro atoms. The number of fused-ring (bicyclic) bond motifs is 2. The number of hydrogen-bond acceptors (Lipinski definition) is 3. The van der Waals surface area contributed by atoms with E-state index in [1.165, 1.54) is 22.1 Å². The Hall–Kier alpha value is -2.36. The lowest BCUT2D eigenvalue weighted by atomic mass is 10.2. The van der Waals surface area contributed by atoms with Gasteiger partial charge in [-0.1, -0.05) is 6.07 Å². The van der Waals surface area contributed by atoms with E-state index in [1.54, 1.807) is 0 Å². The van der Waals surface area contributed by atoms with Crippen molar-refractivity contribution in [1.82, 2.24) is 14.5 Å². The minimum absolute atomic E-state index is 1.05. The van der Waals surface area contributed by atoms with Crippen LogP contribution in [0.4, 0.5) is 5.82 Å². The van der Waals surface area contributed by atoms with Gasteiger partial charge in [-0.15, -0.1) is 0 Å². The fraction of sp³-hybridized carbons (Fsp3) is 0.333. The quantitative estimate of drug-likeness (QED) is 0.638. The smallest absolute Gasteiger partial charge is 0.139 e. The summed E-state index contributed by atoms with van der Waals surface area (Å²) in [6.07, 6.45) is 7.00. The van der Waals surface area contributed by atoms with Crippen molar-refractivity contribution in [3.8, 4) is 0 Å². The Balaban J connectivity index is 0.000000131. The maximum atomic E-state index is 4.37. The summed E-state index contributed by atoms with van der Waals surface area (Å²) in [5.41, 5.74) is 4.92. The fourth-order valence-corrected chi connectivity index (χ4v) is 2.81. The predicted octanol–water partition coefficient (Wildman–Crippen LogP) is 3.26. The lowest BCUT2D eigenvalue weighted by molar-refractivity contribution is 0.945. The molecular formula is C18H22N4. The van der Waals surface area contributed by atoms with Crippen molar-refractivity contribution in [3.63, 3.8) is 0 Å². The van der Waals surface area contributed by atoms with E-state index in [0.717, 1.165) is 24.4 Å². The van der Waals surface area contributed by atoms with Crippen LogP contribution in [0.2, 0.25) is 0 Å². The molecule has 4 heteroatoms. The summed E-state index contributed by atoms with van der Waals surface area (Å²) < 4.78 is 2.02. The first-order valence-corrected chi connectivity index (χ1v) is 7.59. The minimum atomic E-state index is 1.05. The Bertz CT molecular complexity index is 804. The van der Waals surface area contributed by atoms with E-state index in [0.29, 0.717) is 0 Å². The molecule has 22 heavy (non-hydrogen) atoms. The first kappa shape index (κ1) is 14.6. The van der Waals surface area contributed by atoms with E-state index in [4.69, 9.17) is 0 Å². The van der Waals surface area contributed by atoms with Crippen LogP contribution in [0, 0.1) is 13.8 Å². The van der Waals surface area contributed by atoms with Crippen molar-refractivity contribution in [1.29, 1.82) is 0 Å². The first-order valence-electron chi connectivity index (χ1n) is 7.59. The monoisotopic (exact) mass is 294 g/mol. The van der Waals surface area contributed by atoms with Crippen LogP contribution in [0.1, 0.15) is 16.7 Å². The van der Waals surface area contributed by atoms with Crippen molar-refractivity contribution in [2.75, 3.05) is 18.5 Å². The molecule has 0 unspecified atom stereocenters. The van der Waals surface area contributed by atoms with Crippen molar-refractivity contribution < 1.29 is 0 Å². The van der Waals surface area contributed by atoms with E-state index in [-0.39, 0.29) is 0 Å². The van der Waals surface area contributed by atoms with Gasteiger partial charge in [0.15, 0.2) is 0 Å². The van der Waals surface area contributed by atoms with E-state index in [9.17, 15) is 0 Å². The molecule has 0 aromatic carbocycles. The Morgan fingerprint density at radius 2 is 1.73 bits per heavy atom. The van der Waals surface area contributed by atoms with Gasteiger partial charge < -0.3 is 9.47 Å². The Labute approximate surface area is 131 Å². The molecule has 4 nitrogen and oxygen atoms in total. The topological polar surface area (TPSA) is 34.0 Å². The molecule has 3 aromatic rings. The van der Waals surface area contributed by atoms with Crippen molar-refractivity contribution >= 4 is 16.9 Å². The molecular weight excluding hydrogens is 272 g/mol. The summed E-state index contributed by atoms with van der Waals surface area (Å²) in [6, 6.07) is 6.45. The van der Waals surface area contributed by atoms with Crippen molar-refractivity contribution in [3.05, 3.63) is 53.5 Å². The Kier molecular flexibility index (Phi) is 3.84. The normalized spacial score (nSPS) is 13.0. The van der Waals surface area contributed by atoms with Crippen molar-refractivity contribution in [2.45, 2.75) is 20.3 Å². The van der Waals surface area contributed by atoms with Gasteiger partial charge in [0, 0.05) is 44.6 Å². The summed E-state index contributed by atoms with van der Waals surface area (Å²) in [5, 5.41) is 1.22. The van der Waals surface area contributed by atoms with Crippen LogP contribution in [0.5, 0.6) is 0 Å². The van der Waals surface area contributed by atoms with Gasteiger partial charge in [0.2, 0.25) is 0 Å². The van der Waals surface area contributed by atoms with Crippen LogP contribution < -0.4 is 4.90 Å². The molecule has 0 fully saturated rings. The first-order chi connectivity index (χ1) is 10.5. The lowest BCUT2D eigenvalue weighted by Crippen LogP contribution is -2.13. The molecule has 3 aromatic heterocycles. The predicted molar refractivity (Wildman–Crippen MR) is 91.4 cm³/mol. The molecule has 0 saturated heterocycles. The van der Waals surface area contributed by atoms with Crippen molar-refractivity contribution in [2.24, 2.45) is 7.05 Å². The zero-order valence-corrected chi connectivity index (χ0v) is 13.7. The second-order valence-corrected chi connectivity index (χ2v) is 6.02. The maximum absolute atomic E-state index is 4.37. The maximum Gasteiger partial charge on any atom is 0.139 e. The van der Waals surface area contributed by atoms with Crippen LogP contribution in [0.15, 0.2) is 36.8 Å². The van der Waals surface area contributed by atoms with Crippen LogP contribution in [0.25, 0.3) is 11.0 Å². The second kappa shape index (κ2) is 5.79. The molecule has 0 saturated carbocycles. The van der Waals surface area contributed by atoms with E-state index >= 15 is 0 Å². The van der Waals surface area contributed by atoms with Gasteiger partial charge >= 0.3 is 0 Å². The highest BCUT2D eigenvalue weighted by Gasteiger charge is 2.15. The van der Waals surface area contributed by atoms with Gasteiger partial charge in [-0.2, -0.15) is 0 Å². The molecule has 0 N–H and O–H groups in total. The zero-order valence-electron chi connectivity index (χ0n) is 13.7. The summed E-state index contributed by atoms with van der Waals surface area (Å²) in [4.78, 5) is 10.9. The molecule has 4 rings (SSSR count). The molecule has 114 valence electrons. The highest BCUT2D eigenvalue weighted by molar-refractivity contribution is 5.76. The molecule has 1 aliphatic rings. The van der Waals surface area contributed by atoms with Crippen LogP contribution in [-0.2, 0) is 13.5 Å². The third kappa shape index (κ3) is 2.82. The number of likely N-dealkylation sites (N-methyl/N-ethyl adjacent to an activating group) is 1. The number of rotatable bonds is 0. The summed E-state index contributed by atoms with van der Waals surface area (Å²) in [7, 11) is 4.10. The molecule has 0 atom stereocenters. The van der Waals surface area contributed by atoms with Crippen LogP contribution >= 0.6 is 0 Å². The third-order valence-electron chi connectivity index (χ3n) is 4.00. The Morgan fingerprint density at radius 3 is 2.55 bits per heavy atom. The second-order valence-electron chi connectivity index (χ2n) is 6.02. The number of aromatic nitrogens is 3. The highest BCUT2D eigenvalue weighted by Crippen LogP contribution is 2.23. The average Bonchev–Trinajstić information content (AvgIpc) is 3.03. The number of hydrogen-bond donors (Lipinski definition) is 0. The van der Waals surface area contributed by atoms with Gasteiger partial charge in [-0.3, -0.25) is 0 Å². The highest BCUT2D eigenvalue weighted by atomic mass is 15.2. The minimum Gasteiger partial charge on any atom is -0.359 e. The number of anilines is 1. The van der Waals surface area contributed by atoms with Gasteiger partial charge in [0.25, 0.3) is 0 Å². The van der Waals surface area contributed by atoms with E-state index in [1.807, 2.05) is 30.2 Å². The summed E-state index contributed by atoms with van der Waals surface area (Å²) in [5.74, 6) is 1.16. The lowest BCUT2D eigenvalue weighted by Gasteiger charge is -2.09. The SMILES string of the molecule is Cc1cnc2c(c1)CCN2C.Cc1cnc2c(ccn2C)c1. The number of aryl methyl sites for hydroxylation is 3. The van der Waals surface area contributed by atoms with Crippen LogP contribution in [0.3, 0.4) is 0 Å². The van der Waals surface area contributed by atoms with Crippen LogP contribution in [-0.4, -0.2) is 28.1 Å². The molecule has 0 amide bonds. The molecule has 4 heterocycles. The van der Waals surface area contributed by atoms with E-state index in [2.05, 4.69) is 54.0 Å². The summed E-state index contributed by atoms with van der Waals surface area (Å²) >= 11 is 0. The molecule has 0 aliphatic carbocycles.